The number of aromatic hydroxyl groups is 2. The Morgan fingerprint density at radius 3 is 2.02 bits per heavy atom. The van der Waals surface area contributed by atoms with Gasteiger partial charge in [0.05, 0.1) is 11.8 Å². The highest BCUT2D eigenvalue weighted by Gasteiger charge is 2.77. The van der Waals surface area contributed by atoms with Crippen LogP contribution in [0.4, 0.5) is 27.6 Å². The molecule has 53 heavy (non-hydrogen) atoms. The quantitative estimate of drug-likeness (QED) is 0.0580. The van der Waals surface area contributed by atoms with E-state index in [1.807, 2.05) is 0 Å². The number of nitrogens with zero attached hydrogens (tertiary/aromatic N) is 2. The number of amides is 4. The highest BCUT2D eigenvalue weighted by molar-refractivity contribution is 6.58. The lowest BCUT2D eigenvalue weighted by atomic mass is 9.56. The van der Waals surface area contributed by atoms with Crippen LogP contribution in [0.2, 0.25) is 0 Å². The van der Waals surface area contributed by atoms with E-state index in [9.17, 15) is 42.6 Å². The van der Waals surface area contributed by atoms with Gasteiger partial charge in [-0.25, -0.2) is 26.9 Å². The molecule has 4 aromatic carbocycles. The van der Waals surface area contributed by atoms with Crippen molar-refractivity contribution >= 4 is 63.3 Å². The summed E-state index contributed by atoms with van der Waals surface area (Å²) in [6.45, 7) is -0.0274. The molecule has 0 bridgehead atoms. The number of alkyl halides is 2. The minimum absolute atomic E-state index is 0.00492. The van der Waals surface area contributed by atoms with Gasteiger partial charge in [-0.15, -0.1) is 23.2 Å². The number of phenols is 2. The molecule has 0 unspecified atom stereocenters. The standard InChI is InChI=1S/C38H25Cl2F5N2O6/c39-37-15-23-21(9-10-22-25(23)34(51)46(33(22)50)14-13-16-5-7-17(48)8-6-16)26(20-11-12-24(49)19-4-2-1-3-18(19)20)38(37,40)36(53)47(35(37)52)32-30(44)28(42)27(41)29(43)31(32)45/h1-9,11-12,22-23,25-26,48-49H,10,13-15H2/t22-,23+,25-,26-,37+,38-/m0/s1. The van der Waals surface area contributed by atoms with Crippen molar-refractivity contribution in [1.82, 2.24) is 4.90 Å². The molecule has 8 rings (SSSR count). The summed E-state index contributed by atoms with van der Waals surface area (Å²) in [5, 5.41) is 21.0. The van der Waals surface area contributed by atoms with Crippen molar-refractivity contribution in [2.75, 3.05) is 11.4 Å². The zero-order valence-corrected chi connectivity index (χ0v) is 28.6. The summed E-state index contributed by atoms with van der Waals surface area (Å²) in [7, 11) is 0. The topological polar surface area (TPSA) is 115 Å². The number of fused-ring (bicyclic) bond motifs is 5. The molecule has 2 heterocycles. The SMILES string of the molecule is O=C1[C@H]2[C@H](CC=C3[C@H]2C[C@@]2(Cl)C(=O)N(c4c(F)c(F)c(F)c(F)c4F)C(=O)[C@@]2(Cl)[C@H]3c2ccc(O)c3ccccc23)C(=O)N1CCc1ccc(O)cc1. The molecule has 6 atom stereocenters. The zero-order chi connectivity index (χ0) is 37.9. The van der Waals surface area contributed by atoms with Gasteiger partial charge in [0.1, 0.15) is 17.2 Å². The fourth-order valence-corrected chi connectivity index (χ4v) is 9.59. The first-order valence-electron chi connectivity index (χ1n) is 16.4. The van der Waals surface area contributed by atoms with Crippen LogP contribution in [0.25, 0.3) is 10.8 Å². The monoisotopic (exact) mass is 770 g/mol. The number of phenolic OH excluding ortho intramolecular Hbond substituents is 2. The van der Waals surface area contributed by atoms with Crippen molar-refractivity contribution in [3.05, 3.63) is 113 Å². The maximum Gasteiger partial charge on any atom is 0.258 e. The summed E-state index contributed by atoms with van der Waals surface area (Å²) in [4.78, 5) is 52.6. The first kappa shape index (κ1) is 35.0. The highest BCUT2D eigenvalue weighted by Crippen LogP contribution is 2.66. The van der Waals surface area contributed by atoms with E-state index in [1.54, 1.807) is 42.5 Å². The molecule has 2 aliphatic carbocycles. The fourth-order valence-electron chi connectivity index (χ4n) is 8.66. The first-order chi connectivity index (χ1) is 25.1. The molecule has 4 aromatic rings. The Hall–Kier alpha value is -5.01. The number of benzene rings is 4. The summed E-state index contributed by atoms with van der Waals surface area (Å²) >= 11 is 14.5. The molecular weight excluding hydrogens is 746 g/mol. The van der Waals surface area contributed by atoms with Gasteiger partial charge in [-0.05, 0) is 59.9 Å². The van der Waals surface area contributed by atoms with Crippen LogP contribution in [0.3, 0.4) is 0 Å². The Bertz CT molecular complexity index is 2330. The van der Waals surface area contributed by atoms with Crippen LogP contribution in [0.1, 0.15) is 29.9 Å². The Labute approximate surface area is 307 Å². The minimum atomic E-state index is -2.69. The number of hydrogen-bond acceptors (Lipinski definition) is 6. The maximum atomic E-state index is 15.3. The Kier molecular flexibility index (Phi) is 7.94. The van der Waals surface area contributed by atoms with Crippen LogP contribution < -0.4 is 4.90 Å². The number of rotatable bonds is 5. The zero-order valence-electron chi connectivity index (χ0n) is 27.1. The lowest BCUT2D eigenvalue weighted by Crippen LogP contribution is -2.60. The number of hydrogen-bond donors (Lipinski definition) is 2. The Morgan fingerprint density at radius 1 is 0.736 bits per heavy atom. The molecule has 8 nitrogen and oxygen atoms in total. The normalized spacial score (nSPS) is 28.0. The summed E-state index contributed by atoms with van der Waals surface area (Å²) in [6.07, 6.45) is 1.23. The number of carbonyl (C=O) groups excluding carboxylic acids is 4. The van der Waals surface area contributed by atoms with E-state index in [0.717, 1.165) is 10.5 Å². The molecule has 3 fully saturated rings. The van der Waals surface area contributed by atoms with Gasteiger partial charge in [-0.1, -0.05) is 54.1 Å². The Morgan fingerprint density at radius 2 is 1.36 bits per heavy atom. The third-order valence-corrected chi connectivity index (χ3v) is 12.5. The summed E-state index contributed by atoms with van der Waals surface area (Å²) in [5.74, 6) is -21.3. The number of imide groups is 2. The van der Waals surface area contributed by atoms with Gasteiger partial charge in [-0.3, -0.25) is 24.1 Å². The van der Waals surface area contributed by atoms with E-state index >= 15 is 8.78 Å². The molecule has 2 aliphatic heterocycles. The molecule has 0 radical (unpaired) electrons. The third-order valence-electron chi connectivity index (χ3n) is 11.1. The highest BCUT2D eigenvalue weighted by atomic mass is 35.5. The largest absolute Gasteiger partial charge is 0.508 e. The molecule has 15 heteroatoms. The van der Waals surface area contributed by atoms with Crippen molar-refractivity contribution in [2.24, 2.45) is 17.8 Å². The van der Waals surface area contributed by atoms with Gasteiger partial charge in [0.25, 0.3) is 11.8 Å². The average molecular weight is 772 g/mol. The summed E-state index contributed by atoms with van der Waals surface area (Å²) in [5.41, 5.74) is -0.629. The van der Waals surface area contributed by atoms with Gasteiger partial charge >= 0.3 is 0 Å². The van der Waals surface area contributed by atoms with Gasteiger partial charge in [0.15, 0.2) is 33.0 Å². The van der Waals surface area contributed by atoms with Crippen LogP contribution in [-0.4, -0.2) is 55.0 Å². The van der Waals surface area contributed by atoms with Gasteiger partial charge in [-0.2, -0.15) is 0 Å². The van der Waals surface area contributed by atoms with Crippen LogP contribution in [0.5, 0.6) is 11.5 Å². The minimum Gasteiger partial charge on any atom is -0.508 e. The summed E-state index contributed by atoms with van der Waals surface area (Å²) < 4.78 is 73.8. The van der Waals surface area contributed by atoms with E-state index in [0.29, 0.717) is 11.0 Å². The van der Waals surface area contributed by atoms with Crippen molar-refractivity contribution in [2.45, 2.75) is 34.9 Å². The Balaban J connectivity index is 1.30. The van der Waals surface area contributed by atoms with E-state index in [-0.39, 0.29) is 46.7 Å². The second-order valence-electron chi connectivity index (χ2n) is 13.7. The predicted octanol–water partition coefficient (Wildman–Crippen LogP) is 6.75. The van der Waals surface area contributed by atoms with Crippen LogP contribution in [0, 0.1) is 46.8 Å². The van der Waals surface area contributed by atoms with Gasteiger partial charge < -0.3 is 10.2 Å². The molecule has 272 valence electrons. The number of allylic oxidation sites excluding steroid dienone is 2. The maximum absolute atomic E-state index is 15.3. The molecule has 4 aliphatic rings. The van der Waals surface area contributed by atoms with E-state index in [1.165, 1.54) is 24.3 Å². The predicted molar refractivity (Wildman–Crippen MR) is 181 cm³/mol. The third kappa shape index (κ3) is 4.65. The van der Waals surface area contributed by atoms with Gasteiger partial charge in [0.2, 0.25) is 17.6 Å². The lowest BCUT2D eigenvalue weighted by Gasteiger charge is -2.51. The number of anilines is 1. The molecular formula is C38H25Cl2F5N2O6. The molecule has 1 saturated carbocycles. The molecule has 2 N–H and O–H groups in total. The average Bonchev–Trinajstić information content (AvgIpc) is 3.47. The molecule has 2 saturated heterocycles. The molecule has 0 spiro atoms. The molecule has 4 amide bonds. The second-order valence-corrected chi connectivity index (χ2v) is 14.9. The van der Waals surface area contributed by atoms with Crippen molar-refractivity contribution in [3.8, 4) is 11.5 Å². The van der Waals surface area contributed by atoms with Crippen LogP contribution in [0.15, 0.2) is 72.3 Å². The van der Waals surface area contributed by atoms with E-state index in [4.69, 9.17) is 23.2 Å². The van der Waals surface area contributed by atoms with Crippen LogP contribution in [-0.2, 0) is 25.6 Å². The first-order valence-corrected chi connectivity index (χ1v) is 17.2. The number of carbonyl (C=O) groups is 4. The number of halogens is 7. The van der Waals surface area contributed by atoms with Crippen molar-refractivity contribution in [3.63, 3.8) is 0 Å². The fraction of sp³-hybridized carbons (Fsp3) is 0.263. The number of likely N-dealkylation sites (tertiary alicyclic amines) is 1. The van der Waals surface area contributed by atoms with Gasteiger partial charge in [0, 0.05) is 17.8 Å². The van der Waals surface area contributed by atoms with Crippen LogP contribution >= 0.6 is 23.2 Å². The van der Waals surface area contributed by atoms with Crippen molar-refractivity contribution in [1.29, 1.82) is 0 Å². The second kappa shape index (κ2) is 12.0. The van der Waals surface area contributed by atoms with E-state index < -0.39 is 98.2 Å². The van der Waals surface area contributed by atoms with Crippen molar-refractivity contribution < 1.29 is 51.3 Å². The van der Waals surface area contributed by atoms with E-state index in [2.05, 4.69) is 0 Å². The smallest absolute Gasteiger partial charge is 0.258 e. The molecule has 0 aromatic heterocycles. The summed E-state index contributed by atoms with van der Waals surface area (Å²) in [6, 6.07) is 15.3. The lowest BCUT2D eigenvalue weighted by molar-refractivity contribution is -0.140.